The van der Waals surface area contributed by atoms with E-state index in [1.165, 1.54) is 0 Å². The number of carbonyl (C=O) groups excluding carboxylic acids is 1. The molecule has 2 atom stereocenters. The number of amides is 2. The number of carbonyl (C=O) groups is 1. The highest BCUT2D eigenvalue weighted by Gasteiger charge is 2.33. The maximum absolute atomic E-state index is 11.3. The van der Waals surface area contributed by atoms with Crippen molar-refractivity contribution in [3.8, 4) is 0 Å². The van der Waals surface area contributed by atoms with E-state index in [9.17, 15) is 4.79 Å². The average molecular weight is 183 g/mol. The summed E-state index contributed by atoms with van der Waals surface area (Å²) < 4.78 is 0. The second kappa shape index (κ2) is 3.54. The zero-order valence-corrected chi connectivity index (χ0v) is 8.05. The topological polar surface area (TPSA) is 44.4 Å². The Morgan fingerprint density at radius 3 is 3.00 bits per heavy atom. The molecule has 2 fully saturated rings. The van der Waals surface area contributed by atoms with Crippen LogP contribution >= 0.6 is 0 Å². The zero-order valence-electron chi connectivity index (χ0n) is 8.05. The summed E-state index contributed by atoms with van der Waals surface area (Å²) in [5.74, 6) is 1.49. The molecule has 2 aliphatic heterocycles. The Balaban J connectivity index is 1.93. The summed E-state index contributed by atoms with van der Waals surface area (Å²) in [7, 11) is 1.70. The van der Waals surface area contributed by atoms with Crippen LogP contribution in [0, 0.1) is 11.8 Å². The fourth-order valence-corrected chi connectivity index (χ4v) is 2.38. The van der Waals surface area contributed by atoms with Crippen LogP contribution in [0.2, 0.25) is 0 Å². The van der Waals surface area contributed by atoms with E-state index in [4.69, 9.17) is 0 Å². The van der Waals surface area contributed by atoms with Crippen molar-refractivity contribution in [2.24, 2.45) is 11.8 Å². The van der Waals surface area contributed by atoms with Crippen molar-refractivity contribution in [1.82, 2.24) is 15.5 Å². The van der Waals surface area contributed by atoms with Crippen LogP contribution in [0.4, 0.5) is 4.79 Å². The zero-order chi connectivity index (χ0) is 9.26. The molecule has 2 heterocycles. The summed E-state index contributed by atoms with van der Waals surface area (Å²) in [5, 5.41) is 6.06. The molecule has 0 aromatic carbocycles. The maximum Gasteiger partial charge on any atom is 0.317 e. The second-order valence-electron chi connectivity index (χ2n) is 3.97. The molecule has 2 aliphatic rings. The Kier molecular flexibility index (Phi) is 2.40. The minimum absolute atomic E-state index is 0.0744. The molecule has 2 amide bonds. The molecule has 2 saturated heterocycles. The van der Waals surface area contributed by atoms with Crippen molar-refractivity contribution >= 4 is 6.03 Å². The number of rotatable bonds is 0. The monoisotopic (exact) mass is 183 g/mol. The van der Waals surface area contributed by atoms with Crippen LogP contribution in [0.3, 0.4) is 0 Å². The standard InChI is InChI=1S/C9H17N3O/c1-10-9(13)12-3-2-7-4-11-5-8(7)6-12/h7-8,11H,2-6H2,1H3,(H,10,13). The Morgan fingerprint density at radius 2 is 2.23 bits per heavy atom. The number of nitrogens with one attached hydrogen (secondary N) is 2. The van der Waals surface area contributed by atoms with Crippen LogP contribution in [-0.2, 0) is 0 Å². The smallest absolute Gasteiger partial charge is 0.317 e. The van der Waals surface area contributed by atoms with Gasteiger partial charge in [0.05, 0.1) is 0 Å². The first-order chi connectivity index (χ1) is 6.31. The van der Waals surface area contributed by atoms with Crippen molar-refractivity contribution in [1.29, 1.82) is 0 Å². The van der Waals surface area contributed by atoms with E-state index in [2.05, 4.69) is 10.6 Å². The minimum Gasteiger partial charge on any atom is -0.341 e. The molecule has 0 spiro atoms. The van der Waals surface area contributed by atoms with Crippen molar-refractivity contribution in [2.75, 3.05) is 33.2 Å². The molecule has 4 heteroatoms. The van der Waals surface area contributed by atoms with E-state index in [0.717, 1.165) is 38.5 Å². The molecular formula is C9H17N3O. The van der Waals surface area contributed by atoms with Crippen LogP contribution < -0.4 is 10.6 Å². The molecule has 0 saturated carbocycles. The summed E-state index contributed by atoms with van der Waals surface area (Å²) in [4.78, 5) is 13.3. The molecule has 0 radical (unpaired) electrons. The van der Waals surface area contributed by atoms with Crippen LogP contribution in [0.15, 0.2) is 0 Å². The summed E-state index contributed by atoms with van der Waals surface area (Å²) in [6.45, 7) is 4.07. The van der Waals surface area contributed by atoms with Gasteiger partial charge in [0.15, 0.2) is 0 Å². The second-order valence-corrected chi connectivity index (χ2v) is 3.97. The number of likely N-dealkylation sites (tertiary alicyclic amines) is 1. The van der Waals surface area contributed by atoms with E-state index >= 15 is 0 Å². The first-order valence-electron chi connectivity index (χ1n) is 4.98. The third-order valence-corrected chi connectivity index (χ3v) is 3.21. The Hall–Kier alpha value is -0.770. The SMILES string of the molecule is CNC(=O)N1CCC2CNCC2C1. The van der Waals surface area contributed by atoms with Crippen molar-refractivity contribution in [3.05, 3.63) is 0 Å². The first kappa shape index (κ1) is 8.81. The van der Waals surface area contributed by atoms with E-state index in [1.807, 2.05) is 4.90 Å². The minimum atomic E-state index is 0.0744. The van der Waals surface area contributed by atoms with E-state index in [0.29, 0.717) is 5.92 Å². The fraction of sp³-hybridized carbons (Fsp3) is 0.889. The lowest BCUT2D eigenvalue weighted by molar-refractivity contribution is 0.153. The molecule has 2 rings (SSSR count). The number of hydrogen-bond donors (Lipinski definition) is 2. The molecule has 0 aromatic heterocycles. The van der Waals surface area contributed by atoms with Crippen molar-refractivity contribution in [3.63, 3.8) is 0 Å². The molecule has 13 heavy (non-hydrogen) atoms. The van der Waals surface area contributed by atoms with E-state index in [-0.39, 0.29) is 6.03 Å². The van der Waals surface area contributed by atoms with Gasteiger partial charge in [0.1, 0.15) is 0 Å². The van der Waals surface area contributed by atoms with Crippen molar-refractivity contribution in [2.45, 2.75) is 6.42 Å². The number of urea groups is 1. The predicted octanol–water partition coefficient (Wildman–Crippen LogP) is -0.133. The molecule has 4 nitrogen and oxygen atoms in total. The summed E-state index contributed by atoms with van der Waals surface area (Å²) >= 11 is 0. The molecule has 0 bridgehead atoms. The molecule has 0 aromatic rings. The summed E-state index contributed by atoms with van der Waals surface area (Å²) in [6, 6.07) is 0.0744. The van der Waals surface area contributed by atoms with Crippen LogP contribution in [0.5, 0.6) is 0 Å². The Labute approximate surface area is 78.7 Å². The molecule has 0 aliphatic carbocycles. The third-order valence-electron chi connectivity index (χ3n) is 3.21. The lowest BCUT2D eigenvalue weighted by Crippen LogP contribution is -2.46. The molecule has 74 valence electrons. The highest BCUT2D eigenvalue weighted by atomic mass is 16.2. The van der Waals surface area contributed by atoms with Gasteiger partial charge in [0.25, 0.3) is 0 Å². The van der Waals surface area contributed by atoms with Crippen LogP contribution in [0.1, 0.15) is 6.42 Å². The lowest BCUT2D eigenvalue weighted by Gasteiger charge is -2.34. The quantitative estimate of drug-likeness (QED) is 0.549. The van der Waals surface area contributed by atoms with Gasteiger partial charge in [0.2, 0.25) is 0 Å². The fourth-order valence-electron chi connectivity index (χ4n) is 2.38. The van der Waals surface area contributed by atoms with Gasteiger partial charge in [0, 0.05) is 20.1 Å². The van der Waals surface area contributed by atoms with Gasteiger partial charge in [-0.1, -0.05) is 0 Å². The highest BCUT2D eigenvalue weighted by Crippen LogP contribution is 2.26. The summed E-state index contributed by atoms with van der Waals surface area (Å²) in [6.07, 6.45) is 1.16. The van der Waals surface area contributed by atoms with Gasteiger partial charge >= 0.3 is 6.03 Å². The first-order valence-corrected chi connectivity index (χ1v) is 4.98. The number of nitrogens with zero attached hydrogens (tertiary/aromatic N) is 1. The van der Waals surface area contributed by atoms with Crippen LogP contribution in [-0.4, -0.2) is 44.2 Å². The van der Waals surface area contributed by atoms with Gasteiger partial charge in [-0.05, 0) is 31.3 Å². The largest absolute Gasteiger partial charge is 0.341 e. The van der Waals surface area contributed by atoms with Gasteiger partial charge in [-0.25, -0.2) is 4.79 Å². The predicted molar refractivity (Wildman–Crippen MR) is 50.5 cm³/mol. The maximum atomic E-state index is 11.3. The molecular weight excluding hydrogens is 166 g/mol. The summed E-state index contributed by atoms with van der Waals surface area (Å²) in [5.41, 5.74) is 0. The number of hydrogen-bond acceptors (Lipinski definition) is 2. The van der Waals surface area contributed by atoms with Crippen molar-refractivity contribution < 1.29 is 4.79 Å². The Morgan fingerprint density at radius 1 is 1.46 bits per heavy atom. The van der Waals surface area contributed by atoms with Gasteiger partial charge in [-0.3, -0.25) is 0 Å². The number of fused-ring (bicyclic) bond motifs is 1. The van der Waals surface area contributed by atoms with Gasteiger partial charge in [-0.2, -0.15) is 0 Å². The van der Waals surface area contributed by atoms with Crippen LogP contribution in [0.25, 0.3) is 0 Å². The van der Waals surface area contributed by atoms with Gasteiger partial charge in [-0.15, -0.1) is 0 Å². The highest BCUT2D eigenvalue weighted by molar-refractivity contribution is 5.73. The van der Waals surface area contributed by atoms with Gasteiger partial charge < -0.3 is 15.5 Å². The third kappa shape index (κ3) is 1.63. The lowest BCUT2D eigenvalue weighted by atomic mass is 9.89. The Bertz CT molecular complexity index is 207. The van der Waals surface area contributed by atoms with E-state index < -0.39 is 0 Å². The molecule has 2 N–H and O–H groups in total. The van der Waals surface area contributed by atoms with E-state index in [1.54, 1.807) is 7.05 Å². The molecule has 2 unspecified atom stereocenters. The number of piperidine rings is 1. The normalized spacial score (nSPS) is 32.8. The average Bonchev–Trinajstić information content (AvgIpc) is 2.63.